The molecule has 0 radical (unpaired) electrons. The number of aliphatic carboxylic acids is 1. The second-order valence-corrected chi connectivity index (χ2v) is 11.9. The zero-order valence-corrected chi connectivity index (χ0v) is 29.1. The molecule has 1 rings (SSSR count). The van der Waals surface area contributed by atoms with Crippen LogP contribution in [0.2, 0.25) is 0 Å². The van der Waals surface area contributed by atoms with Gasteiger partial charge in [-0.3, -0.25) is 48.5 Å². The number of aromatic nitrogens is 3. The van der Waals surface area contributed by atoms with E-state index in [1.165, 1.54) is 0 Å². The molecule has 0 aromatic carbocycles. The van der Waals surface area contributed by atoms with E-state index in [1.54, 1.807) is 10.9 Å². The Morgan fingerprint density at radius 3 is 2.22 bits per heavy atom. The summed E-state index contributed by atoms with van der Waals surface area (Å²) in [6.45, 7) is -0.382. The molecule has 0 aliphatic heterocycles. The molecule has 0 saturated carbocycles. The van der Waals surface area contributed by atoms with E-state index < -0.39 is 67.1 Å². The number of hydrogen-bond acceptors (Lipinski definition) is 15. The fourth-order valence-electron chi connectivity index (χ4n) is 4.76. The van der Waals surface area contributed by atoms with Crippen LogP contribution in [0.5, 0.6) is 0 Å². The van der Waals surface area contributed by atoms with Crippen molar-refractivity contribution in [2.45, 2.75) is 82.8 Å². The number of carboxylic acids is 1. The number of ether oxygens (including phenoxy) is 2. The van der Waals surface area contributed by atoms with Crippen molar-refractivity contribution in [2.24, 2.45) is 28.3 Å². The summed E-state index contributed by atoms with van der Waals surface area (Å²) < 4.78 is 11.2. The molecule has 1 heterocycles. The van der Waals surface area contributed by atoms with Crippen LogP contribution in [0.3, 0.4) is 0 Å². The van der Waals surface area contributed by atoms with Gasteiger partial charge in [0.05, 0.1) is 29.6 Å². The van der Waals surface area contributed by atoms with Gasteiger partial charge >= 0.3 is 5.97 Å². The predicted octanol–water partition coefficient (Wildman–Crippen LogP) is -1.20. The number of nitrogens with two attached hydrogens (primary N) is 2. The first-order chi connectivity index (χ1) is 24.4. The van der Waals surface area contributed by atoms with E-state index >= 15 is 0 Å². The Kier molecular flexibility index (Phi) is 22.8. The van der Waals surface area contributed by atoms with Crippen molar-refractivity contribution in [3.05, 3.63) is 11.9 Å². The number of amides is 2. The van der Waals surface area contributed by atoms with E-state index in [1.807, 2.05) is 0 Å². The number of thiol groups is 1. The maximum Gasteiger partial charge on any atom is 0.303 e. The summed E-state index contributed by atoms with van der Waals surface area (Å²) in [6.07, 6.45) is 3.26. The number of aliphatic imine (C=N–C) groups is 1. The number of rotatable bonds is 31. The van der Waals surface area contributed by atoms with Crippen LogP contribution in [0.15, 0.2) is 11.2 Å². The lowest BCUT2D eigenvalue weighted by Crippen LogP contribution is -2.48. The molecule has 21 heteroatoms. The van der Waals surface area contributed by atoms with Gasteiger partial charge in [-0.15, -0.1) is 5.10 Å². The monoisotopic (exact) mass is 744 g/mol. The van der Waals surface area contributed by atoms with Gasteiger partial charge in [0.15, 0.2) is 11.7 Å². The highest BCUT2D eigenvalue weighted by Crippen LogP contribution is 2.15. The normalized spacial score (nSPS) is 13.1. The summed E-state index contributed by atoms with van der Waals surface area (Å²) in [6, 6.07) is -1.92. The van der Waals surface area contributed by atoms with Crippen LogP contribution in [0.1, 0.15) is 63.5 Å². The van der Waals surface area contributed by atoms with Gasteiger partial charge in [-0.25, -0.2) is 4.89 Å². The van der Waals surface area contributed by atoms with Gasteiger partial charge < -0.3 is 36.7 Å². The second kappa shape index (κ2) is 26.2. The van der Waals surface area contributed by atoms with Gasteiger partial charge in [0.1, 0.15) is 25.6 Å². The second-order valence-electron chi connectivity index (χ2n) is 11.5. The molecule has 51 heavy (non-hydrogen) atoms. The SMILES string of the molecule is NC(N)=NCCC[C@H](NC(=O)[C@H](COC=O)CC(=O)CCCCn1cc(CCCC(=O)O)nn1)C(=O)C[C@@H](COC=O)C(=O)N[C@@H](CS)COO. The van der Waals surface area contributed by atoms with E-state index in [0.29, 0.717) is 37.9 Å². The summed E-state index contributed by atoms with van der Waals surface area (Å²) in [5.41, 5.74) is 11.4. The molecular formula is C30H48N8O12S. The molecule has 1 aromatic rings. The van der Waals surface area contributed by atoms with E-state index in [2.05, 4.69) is 43.5 Å². The first-order valence-electron chi connectivity index (χ1n) is 16.2. The number of hydrogen-bond donors (Lipinski definition) is 7. The van der Waals surface area contributed by atoms with Crippen LogP contribution < -0.4 is 22.1 Å². The van der Waals surface area contributed by atoms with Crippen molar-refractivity contribution in [1.29, 1.82) is 0 Å². The van der Waals surface area contributed by atoms with Crippen LogP contribution >= 0.6 is 12.6 Å². The zero-order chi connectivity index (χ0) is 38.0. The molecule has 0 aliphatic rings. The summed E-state index contributed by atoms with van der Waals surface area (Å²) >= 11 is 4.07. The minimum Gasteiger partial charge on any atom is -0.481 e. The number of unbranched alkanes of at least 4 members (excludes halogenated alkanes) is 1. The van der Waals surface area contributed by atoms with E-state index in [9.17, 15) is 33.6 Å². The summed E-state index contributed by atoms with van der Waals surface area (Å²) in [7, 11) is 0. The van der Waals surface area contributed by atoms with Crippen LogP contribution in [-0.2, 0) is 60.9 Å². The summed E-state index contributed by atoms with van der Waals surface area (Å²) in [5.74, 6) is -5.65. The Morgan fingerprint density at radius 2 is 1.61 bits per heavy atom. The Labute approximate surface area is 299 Å². The first-order valence-corrected chi connectivity index (χ1v) is 16.9. The van der Waals surface area contributed by atoms with Gasteiger partial charge in [-0.2, -0.15) is 12.6 Å². The summed E-state index contributed by atoms with van der Waals surface area (Å²) in [5, 5.41) is 30.7. The molecule has 286 valence electrons. The number of guanidine groups is 1. The van der Waals surface area contributed by atoms with Gasteiger partial charge in [0.25, 0.3) is 12.9 Å². The quantitative estimate of drug-likeness (QED) is 0.00893. The molecule has 2 amide bonds. The number of nitrogens with zero attached hydrogens (tertiary/aromatic N) is 4. The standard InChI is InChI=1S/C30H48N8O12S/c31-30(32)33-9-4-7-25(26(42)12-21(15-49-19-40)28(45)34-23(17-51)16-50-47)35-29(46)20(14-48-18-39)11-24(41)6-1-2-10-38-13-22(36-37-38)5-3-8-27(43)44/h13,18-21,23,25,47,51H,1-12,14-17H2,(H,34,45)(H,35,46)(H,43,44)(H4,31,32,33)/t20-,21-,23+,25-/m0/s1. The van der Waals surface area contributed by atoms with Crippen LogP contribution in [0.25, 0.3) is 0 Å². The van der Waals surface area contributed by atoms with Crippen molar-refractivity contribution in [2.75, 3.05) is 32.1 Å². The topological polar surface area (TPSA) is 307 Å². The molecule has 0 fully saturated rings. The highest BCUT2D eigenvalue weighted by atomic mass is 32.1. The minimum atomic E-state index is -1.19. The smallest absolute Gasteiger partial charge is 0.303 e. The molecule has 0 bridgehead atoms. The molecular weight excluding hydrogens is 696 g/mol. The number of aryl methyl sites for hydroxylation is 2. The number of carbonyl (C=O) groups excluding carboxylic acids is 6. The van der Waals surface area contributed by atoms with Crippen LogP contribution in [0.4, 0.5) is 0 Å². The largest absolute Gasteiger partial charge is 0.481 e. The Balaban J connectivity index is 2.92. The zero-order valence-electron chi connectivity index (χ0n) is 28.2. The minimum absolute atomic E-state index is 0.0277. The van der Waals surface area contributed by atoms with Gasteiger partial charge in [0, 0.05) is 50.7 Å². The third-order valence-corrected chi connectivity index (χ3v) is 7.83. The van der Waals surface area contributed by atoms with Crippen molar-refractivity contribution in [1.82, 2.24) is 25.6 Å². The van der Waals surface area contributed by atoms with Crippen molar-refractivity contribution in [3.8, 4) is 0 Å². The van der Waals surface area contributed by atoms with E-state index in [0.717, 1.165) is 0 Å². The predicted molar refractivity (Wildman–Crippen MR) is 181 cm³/mol. The number of carbonyl (C=O) groups is 7. The lowest BCUT2D eigenvalue weighted by molar-refractivity contribution is -0.245. The average molecular weight is 745 g/mol. The van der Waals surface area contributed by atoms with Gasteiger partial charge in [-0.1, -0.05) is 5.21 Å². The number of nitrogens with one attached hydrogen (secondary N) is 2. The first kappa shape index (κ1) is 44.4. The number of carboxylic acid groups (broad SMARTS) is 1. The molecule has 8 N–H and O–H groups in total. The third-order valence-electron chi connectivity index (χ3n) is 7.39. The molecule has 4 atom stereocenters. The van der Waals surface area contributed by atoms with Crippen LogP contribution in [-0.4, -0.2) is 118 Å². The fraction of sp³-hybridized carbons (Fsp3) is 0.667. The number of ketones is 2. The van der Waals surface area contributed by atoms with Crippen molar-refractivity contribution < 1.29 is 58.3 Å². The average Bonchev–Trinajstić information content (AvgIpc) is 3.54. The lowest BCUT2D eigenvalue weighted by Gasteiger charge is -2.24. The van der Waals surface area contributed by atoms with Crippen molar-refractivity contribution in [3.63, 3.8) is 0 Å². The highest BCUT2D eigenvalue weighted by molar-refractivity contribution is 7.80. The van der Waals surface area contributed by atoms with E-state index in [-0.39, 0.29) is 75.7 Å². The lowest BCUT2D eigenvalue weighted by atomic mass is 9.94. The van der Waals surface area contributed by atoms with Gasteiger partial charge in [-0.05, 0) is 38.5 Å². The maximum atomic E-state index is 13.5. The fourth-order valence-corrected chi connectivity index (χ4v) is 4.96. The molecule has 20 nitrogen and oxygen atoms in total. The Morgan fingerprint density at radius 1 is 0.941 bits per heavy atom. The molecule has 0 unspecified atom stereocenters. The Hall–Kier alpha value is -4.63. The van der Waals surface area contributed by atoms with E-state index in [4.69, 9.17) is 31.3 Å². The van der Waals surface area contributed by atoms with Gasteiger partial charge in [0.2, 0.25) is 11.8 Å². The number of Topliss-reactive ketones (excluding diaryl/α,β-unsaturated/α-hetero) is 2. The highest BCUT2D eigenvalue weighted by Gasteiger charge is 2.31. The molecule has 0 spiro atoms. The molecule has 1 aromatic heterocycles. The van der Waals surface area contributed by atoms with Crippen molar-refractivity contribution >= 4 is 60.9 Å². The summed E-state index contributed by atoms with van der Waals surface area (Å²) in [4.78, 5) is 93.1. The molecule has 0 saturated heterocycles. The molecule has 0 aliphatic carbocycles. The van der Waals surface area contributed by atoms with Crippen LogP contribution in [0, 0.1) is 11.8 Å². The third kappa shape index (κ3) is 20.0. The maximum absolute atomic E-state index is 13.5. The Bertz CT molecular complexity index is 1290.